The Kier molecular flexibility index (Phi) is 7.66. The van der Waals surface area contributed by atoms with Crippen LogP contribution in [0.15, 0.2) is 54.7 Å². The van der Waals surface area contributed by atoms with Crippen molar-refractivity contribution >= 4 is 6.03 Å². The number of rotatable bonds is 8. The highest BCUT2D eigenvalue weighted by Gasteiger charge is 2.38. The van der Waals surface area contributed by atoms with Crippen LogP contribution >= 0.6 is 0 Å². The molecule has 9 heteroatoms. The number of alkyl halides is 1. The number of hydrogen-bond acceptors (Lipinski definition) is 3. The molecule has 6 nitrogen and oxygen atoms in total. The van der Waals surface area contributed by atoms with Crippen LogP contribution < -0.4 is 11.5 Å². The molecule has 0 aliphatic carbocycles. The number of amides is 2. The van der Waals surface area contributed by atoms with Gasteiger partial charge >= 0.3 is 6.03 Å². The van der Waals surface area contributed by atoms with Crippen molar-refractivity contribution in [1.29, 1.82) is 0 Å². The Hall–Kier alpha value is -3.33. The Morgan fingerprint density at radius 3 is 2.32 bits per heavy atom. The normalized spacial score (nSPS) is 13.5. The molecule has 4 N–H and O–H groups in total. The van der Waals surface area contributed by atoms with E-state index in [1.54, 1.807) is 35.0 Å². The van der Waals surface area contributed by atoms with Gasteiger partial charge in [0.05, 0.1) is 18.3 Å². The first-order chi connectivity index (χ1) is 16.0. The van der Waals surface area contributed by atoms with Crippen LogP contribution in [0.1, 0.15) is 38.2 Å². The smallest absolute Gasteiger partial charge is 0.315 e. The maximum absolute atomic E-state index is 14.3. The van der Waals surface area contributed by atoms with Crippen LogP contribution in [0.3, 0.4) is 0 Å². The van der Waals surface area contributed by atoms with Gasteiger partial charge in [0, 0.05) is 24.8 Å². The second-order valence-electron chi connectivity index (χ2n) is 9.34. The van der Waals surface area contributed by atoms with E-state index in [2.05, 4.69) is 0 Å². The Balaban J connectivity index is 2.18. The topological polar surface area (TPSA) is 90.2 Å². The summed E-state index contributed by atoms with van der Waals surface area (Å²) in [5, 5.41) is 0. The second kappa shape index (κ2) is 10.3. The largest absolute Gasteiger partial charge is 0.351 e. The van der Waals surface area contributed by atoms with Crippen molar-refractivity contribution < 1.29 is 18.0 Å². The van der Waals surface area contributed by atoms with Gasteiger partial charge in [0.2, 0.25) is 0 Å². The standard InChI is InChI=1S/C25H30F3N5O/c1-25(2,3)22(33(24(30)34)14-20(28)12-29)23-31-21(17-7-5-9-19(27)11-17)15-32(23)13-16-6-4-8-18(26)10-16/h4-11,15,20,22H,12-14,29H2,1-3H3,(H2,30,34)/t20-,22-/m0/s1. The third-order valence-electron chi connectivity index (χ3n) is 5.48. The van der Waals surface area contributed by atoms with Crippen LogP contribution in [0.5, 0.6) is 0 Å². The fourth-order valence-corrected chi connectivity index (χ4v) is 4.00. The summed E-state index contributed by atoms with van der Waals surface area (Å²) >= 11 is 0. The first kappa shape index (κ1) is 25.3. The van der Waals surface area contributed by atoms with Crippen LogP contribution in [-0.4, -0.2) is 39.7 Å². The molecule has 1 aromatic heterocycles. The molecule has 2 atom stereocenters. The third-order valence-corrected chi connectivity index (χ3v) is 5.48. The molecule has 3 rings (SSSR count). The molecule has 0 aliphatic rings. The highest BCUT2D eigenvalue weighted by atomic mass is 19.1. The fourth-order valence-electron chi connectivity index (χ4n) is 4.00. The summed E-state index contributed by atoms with van der Waals surface area (Å²) in [4.78, 5) is 18.4. The monoisotopic (exact) mass is 473 g/mol. The van der Waals surface area contributed by atoms with Crippen molar-refractivity contribution in [3.8, 4) is 11.3 Å². The number of nitrogens with two attached hydrogens (primary N) is 2. The lowest BCUT2D eigenvalue weighted by Gasteiger charge is -2.39. The van der Waals surface area contributed by atoms with Crippen LogP contribution in [0, 0.1) is 17.0 Å². The van der Waals surface area contributed by atoms with Gasteiger partial charge in [0.25, 0.3) is 0 Å². The molecule has 3 aromatic rings. The summed E-state index contributed by atoms with van der Waals surface area (Å²) in [5.41, 5.74) is 12.2. The summed E-state index contributed by atoms with van der Waals surface area (Å²) in [7, 11) is 0. The van der Waals surface area contributed by atoms with Gasteiger partial charge in [0.15, 0.2) is 0 Å². The molecule has 0 saturated carbocycles. The molecule has 34 heavy (non-hydrogen) atoms. The quantitative estimate of drug-likeness (QED) is 0.499. The SMILES string of the molecule is CC(C)(C)[C@H](c1nc(-c2cccc(F)c2)cn1Cc1cccc(F)c1)N(C[C@@H](F)CN)C(N)=O. The zero-order valence-electron chi connectivity index (χ0n) is 19.5. The maximum Gasteiger partial charge on any atom is 0.315 e. The number of benzene rings is 2. The summed E-state index contributed by atoms with van der Waals surface area (Å²) in [6, 6.07) is 10.5. The molecule has 0 fully saturated rings. The molecule has 0 bridgehead atoms. The molecule has 0 unspecified atom stereocenters. The minimum Gasteiger partial charge on any atom is -0.351 e. The zero-order chi connectivity index (χ0) is 25.0. The van der Waals surface area contributed by atoms with E-state index in [0.29, 0.717) is 22.6 Å². The second-order valence-corrected chi connectivity index (χ2v) is 9.34. The molecule has 0 radical (unpaired) electrons. The Labute approximate surface area is 197 Å². The van der Waals surface area contributed by atoms with Crippen LogP contribution in [0.2, 0.25) is 0 Å². The van der Waals surface area contributed by atoms with Gasteiger partial charge in [-0.15, -0.1) is 0 Å². The van der Waals surface area contributed by atoms with Gasteiger partial charge in [0.1, 0.15) is 23.6 Å². The summed E-state index contributed by atoms with van der Waals surface area (Å²) in [6.45, 7) is 5.29. The minimum absolute atomic E-state index is 0.227. The molecular formula is C25H30F3N5O. The van der Waals surface area contributed by atoms with Crippen molar-refractivity contribution in [3.63, 3.8) is 0 Å². The Bertz CT molecular complexity index is 1140. The number of carbonyl (C=O) groups is 1. The van der Waals surface area contributed by atoms with E-state index >= 15 is 0 Å². The van der Waals surface area contributed by atoms with Crippen LogP contribution in [0.4, 0.5) is 18.0 Å². The predicted molar refractivity (Wildman–Crippen MR) is 126 cm³/mol. The van der Waals surface area contributed by atoms with Gasteiger partial charge in [-0.3, -0.25) is 0 Å². The fraction of sp³-hybridized carbons (Fsp3) is 0.360. The predicted octanol–water partition coefficient (Wildman–Crippen LogP) is 4.64. The first-order valence-corrected chi connectivity index (χ1v) is 11.0. The number of primary amides is 1. The highest BCUT2D eigenvalue weighted by molar-refractivity contribution is 5.73. The van der Waals surface area contributed by atoms with E-state index in [0.717, 1.165) is 0 Å². The summed E-state index contributed by atoms with van der Waals surface area (Å²) < 4.78 is 43.9. The number of carbonyl (C=O) groups excluding carboxylic acids is 1. The molecule has 2 aromatic carbocycles. The van der Waals surface area contributed by atoms with E-state index in [4.69, 9.17) is 16.5 Å². The van der Waals surface area contributed by atoms with E-state index in [1.807, 2.05) is 20.8 Å². The van der Waals surface area contributed by atoms with Gasteiger partial charge < -0.3 is 20.9 Å². The van der Waals surface area contributed by atoms with Crippen molar-refractivity contribution in [2.45, 2.75) is 39.5 Å². The number of nitrogens with zero attached hydrogens (tertiary/aromatic N) is 3. The number of hydrogen-bond donors (Lipinski definition) is 2. The summed E-state index contributed by atoms with van der Waals surface area (Å²) in [6.07, 6.45) is 0.231. The molecule has 0 aliphatic heterocycles. The molecule has 0 saturated heterocycles. The third kappa shape index (κ3) is 5.96. The number of urea groups is 1. The molecule has 182 valence electrons. The van der Waals surface area contributed by atoms with E-state index < -0.39 is 29.5 Å². The average Bonchev–Trinajstić information content (AvgIpc) is 3.15. The first-order valence-electron chi connectivity index (χ1n) is 11.0. The van der Waals surface area contributed by atoms with Crippen molar-refractivity contribution in [3.05, 3.63) is 77.8 Å². The number of imidazole rings is 1. The zero-order valence-corrected chi connectivity index (χ0v) is 19.5. The molecular weight excluding hydrogens is 443 g/mol. The van der Waals surface area contributed by atoms with Gasteiger partial charge in [-0.05, 0) is 35.2 Å². The van der Waals surface area contributed by atoms with Gasteiger partial charge in [-0.2, -0.15) is 0 Å². The summed E-state index contributed by atoms with van der Waals surface area (Å²) in [5.74, 6) is -0.397. The maximum atomic E-state index is 14.3. The van der Waals surface area contributed by atoms with Gasteiger partial charge in [-0.25, -0.2) is 22.9 Å². The van der Waals surface area contributed by atoms with Crippen molar-refractivity contribution in [1.82, 2.24) is 14.5 Å². The van der Waals surface area contributed by atoms with Crippen LogP contribution in [0.25, 0.3) is 11.3 Å². The molecule has 0 spiro atoms. The minimum atomic E-state index is -1.48. The number of aromatic nitrogens is 2. The highest BCUT2D eigenvalue weighted by Crippen LogP contribution is 2.39. The van der Waals surface area contributed by atoms with Crippen LogP contribution in [-0.2, 0) is 6.54 Å². The Morgan fingerprint density at radius 1 is 1.12 bits per heavy atom. The number of halogens is 3. The van der Waals surface area contributed by atoms with Gasteiger partial charge in [-0.1, -0.05) is 45.0 Å². The lowest BCUT2D eigenvalue weighted by molar-refractivity contribution is 0.0937. The Morgan fingerprint density at radius 2 is 1.76 bits per heavy atom. The van der Waals surface area contributed by atoms with E-state index in [-0.39, 0.29) is 25.5 Å². The lowest BCUT2D eigenvalue weighted by atomic mass is 9.84. The van der Waals surface area contributed by atoms with E-state index in [9.17, 15) is 18.0 Å². The molecule has 1 heterocycles. The van der Waals surface area contributed by atoms with Crippen molar-refractivity contribution in [2.75, 3.05) is 13.1 Å². The van der Waals surface area contributed by atoms with Crippen molar-refractivity contribution in [2.24, 2.45) is 16.9 Å². The average molecular weight is 474 g/mol. The lowest BCUT2D eigenvalue weighted by Crippen LogP contribution is -2.48. The molecule has 2 amide bonds. The van der Waals surface area contributed by atoms with E-state index in [1.165, 1.54) is 29.2 Å².